The minimum Gasteiger partial charge on any atom is -0.493 e. The van der Waals surface area contributed by atoms with Gasteiger partial charge in [0.15, 0.2) is 11.5 Å². The van der Waals surface area contributed by atoms with Crippen molar-refractivity contribution in [2.24, 2.45) is 5.10 Å². The fraction of sp³-hybridized carbons (Fsp3) is 0.273. The Labute approximate surface area is 196 Å². The van der Waals surface area contributed by atoms with Crippen LogP contribution in [0, 0.1) is 0 Å². The number of ether oxygens (including phenoxy) is 3. The zero-order chi connectivity index (χ0) is 23.3. The van der Waals surface area contributed by atoms with E-state index < -0.39 is 10.0 Å². The molecular formula is C22H24N4O5S2. The number of aromatic nitrogens is 1. The first kappa shape index (κ1) is 23.2. The van der Waals surface area contributed by atoms with E-state index in [2.05, 4.69) is 15.5 Å². The molecule has 0 aliphatic carbocycles. The summed E-state index contributed by atoms with van der Waals surface area (Å²) in [5.41, 5.74) is 5.32. The molecule has 1 saturated heterocycles. The van der Waals surface area contributed by atoms with Crippen LogP contribution in [0.5, 0.6) is 11.5 Å². The van der Waals surface area contributed by atoms with Crippen molar-refractivity contribution in [1.82, 2.24) is 9.29 Å². The van der Waals surface area contributed by atoms with Gasteiger partial charge in [-0.25, -0.2) is 13.4 Å². The molecule has 0 amide bonds. The standard InChI is InChI=1S/C22H24N4O5S2/c1-29-20-8-3-16(13-21(20)30-2)14-23-25-22-24-19(15-32-22)17-4-6-18(7-5-17)33(27,28)26-9-11-31-12-10-26/h3-8,13-15H,9-12H2,1-2H3,(H,24,25)/b23-14-. The first-order chi connectivity index (χ1) is 16.0. The van der Waals surface area contributed by atoms with Crippen molar-refractivity contribution < 1.29 is 22.6 Å². The molecule has 0 unspecified atom stereocenters. The highest BCUT2D eigenvalue weighted by molar-refractivity contribution is 7.89. The third-order valence-electron chi connectivity index (χ3n) is 5.04. The van der Waals surface area contributed by atoms with E-state index in [1.54, 1.807) is 44.7 Å². The molecule has 0 bridgehead atoms. The van der Waals surface area contributed by atoms with Crippen LogP contribution in [0.2, 0.25) is 0 Å². The van der Waals surface area contributed by atoms with Crippen LogP contribution in [0.15, 0.2) is 57.8 Å². The number of nitrogens with zero attached hydrogens (tertiary/aromatic N) is 3. The number of hydrazone groups is 1. The molecule has 3 aromatic rings. The third kappa shape index (κ3) is 5.33. The predicted molar refractivity (Wildman–Crippen MR) is 128 cm³/mol. The van der Waals surface area contributed by atoms with Gasteiger partial charge in [0.1, 0.15) is 0 Å². The number of hydrogen-bond acceptors (Lipinski definition) is 9. The van der Waals surface area contributed by atoms with Gasteiger partial charge >= 0.3 is 0 Å². The molecule has 11 heteroatoms. The van der Waals surface area contributed by atoms with Gasteiger partial charge in [-0.15, -0.1) is 11.3 Å². The summed E-state index contributed by atoms with van der Waals surface area (Å²) in [6.45, 7) is 1.57. The van der Waals surface area contributed by atoms with E-state index in [0.29, 0.717) is 42.9 Å². The van der Waals surface area contributed by atoms with Crippen molar-refractivity contribution in [1.29, 1.82) is 0 Å². The highest BCUT2D eigenvalue weighted by Crippen LogP contribution is 2.28. The van der Waals surface area contributed by atoms with Crippen LogP contribution in [0.1, 0.15) is 5.56 Å². The molecule has 2 heterocycles. The van der Waals surface area contributed by atoms with Gasteiger partial charge in [-0.05, 0) is 35.9 Å². The zero-order valence-electron chi connectivity index (χ0n) is 18.2. The summed E-state index contributed by atoms with van der Waals surface area (Å²) in [5.74, 6) is 1.27. The molecule has 33 heavy (non-hydrogen) atoms. The summed E-state index contributed by atoms with van der Waals surface area (Å²) in [6.07, 6.45) is 1.66. The lowest BCUT2D eigenvalue weighted by Crippen LogP contribution is -2.40. The van der Waals surface area contributed by atoms with Crippen LogP contribution in [0.4, 0.5) is 5.13 Å². The van der Waals surface area contributed by atoms with Crippen LogP contribution < -0.4 is 14.9 Å². The van der Waals surface area contributed by atoms with Gasteiger partial charge in [-0.1, -0.05) is 12.1 Å². The van der Waals surface area contributed by atoms with Crippen LogP contribution in [0.25, 0.3) is 11.3 Å². The minimum absolute atomic E-state index is 0.265. The van der Waals surface area contributed by atoms with Crippen LogP contribution in [-0.2, 0) is 14.8 Å². The maximum absolute atomic E-state index is 12.8. The number of hydrogen-bond donors (Lipinski definition) is 1. The van der Waals surface area contributed by atoms with E-state index in [1.165, 1.54) is 15.6 Å². The first-order valence-electron chi connectivity index (χ1n) is 10.2. The van der Waals surface area contributed by atoms with E-state index >= 15 is 0 Å². The predicted octanol–water partition coefficient (Wildman–Crippen LogP) is 3.29. The lowest BCUT2D eigenvalue weighted by Gasteiger charge is -2.26. The number of rotatable bonds is 8. The summed E-state index contributed by atoms with van der Waals surface area (Å²) in [7, 11) is -0.347. The normalized spacial score (nSPS) is 15.0. The molecule has 1 aromatic heterocycles. The molecule has 4 rings (SSSR count). The van der Waals surface area contributed by atoms with Crippen molar-refractivity contribution in [2.45, 2.75) is 4.90 Å². The molecule has 9 nitrogen and oxygen atoms in total. The van der Waals surface area contributed by atoms with Gasteiger partial charge in [-0.3, -0.25) is 5.43 Å². The Morgan fingerprint density at radius 3 is 2.52 bits per heavy atom. The minimum atomic E-state index is -3.52. The molecule has 1 aliphatic heterocycles. The maximum atomic E-state index is 12.8. The molecule has 0 spiro atoms. The Morgan fingerprint density at radius 2 is 1.82 bits per heavy atom. The Balaban J connectivity index is 1.41. The molecule has 1 N–H and O–H groups in total. The molecule has 1 aliphatic rings. The van der Waals surface area contributed by atoms with Crippen LogP contribution in [0.3, 0.4) is 0 Å². The van der Waals surface area contributed by atoms with Gasteiger partial charge < -0.3 is 14.2 Å². The van der Waals surface area contributed by atoms with E-state index in [1.807, 2.05) is 23.6 Å². The summed E-state index contributed by atoms with van der Waals surface area (Å²) >= 11 is 1.40. The van der Waals surface area contributed by atoms with Crippen LogP contribution >= 0.6 is 11.3 Å². The molecular weight excluding hydrogens is 464 g/mol. The van der Waals surface area contributed by atoms with E-state index in [0.717, 1.165) is 16.8 Å². The Morgan fingerprint density at radius 1 is 1.09 bits per heavy atom. The molecule has 1 fully saturated rings. The molecule has 0 atom stereocenters. The number of thiazole rings is 1. The molecule has 174 valence electrons. The summed E-state index contributed by atoms with van der Waals surface area (Å²) in [4.78, 5) is 4.79. The second-order valence-corrected chi connectivity index (χ2v) is 9.86. The van der Waals surface area contributed by atoms with Crippen LogP contribution in [-0.4, -0.2) is 64.4 Å². The van der Waals surface area contributed by atoms with Gasteiger partial charge in [0.25, 0.3) is 0 Å². The van der Waals surface area contributed by atoms with Crippen molar-refractivity contribution in [3.05, 3.63) is 53.4 Å². The number of methoxy groups -OCH3 is 2. The Hall–Kier alpha value is -2.99. The average Bonchev–Trinajstić information content (AvgIpc) is 3.33. The monoisotopic (exact) mass is 488 g/mol. The summed E-state index contributed by atoms with van der Waals surface area (Å²) in [6, 6.07) is 12.3. The van der Waals surface area contributed by atoms with Gasteiger partial charge in [0, 0.05) is 24.0 Å². The second kappa shape index (κ2) is 10.3. The highest BCUT2D eigenvalue weighted by Gasteiger charge is 2.26. The summed E-state index contributed by atoms with van der Waals surface area (Å²) < 4.78 is 42.8. The van der Waals surface area contributed by atoms with Gasteiger partial charge in [0.05, 0.1) is 44.2 Å². The maximum Gasteiger partial charge on any atom is 0.243 e. The number of morpholine rings is 1. The quantitative estimate of drug-likeness (QED) is 0.383. The lowest BCUT2D eigenvalue weighted by molar-refractivity contribution is 0.0730. The topological polar surface area (TPSA) is 102 Å². The largest absolute Gasteiger partial charge is 0.493 e. The van der Waals surface area contributed by atoms with Crippen molar-refractivity contribution >= 4 is 32.7 Å². The smallest absolute Gasteiger partial charge is 0.243 e. The first-order valence-corrected chi connectivity index (χ1v) is 12.5. The van der Waals surface area contributed by atoms with Crippen molar-refractivity contribution in [3.8, 4) is 22.8 Å². The van der Waals surface area contributed by atoms with E-state index in [-0.39, 0.29) is 4.90 Å². The fourth-order valence-corrected chi connectivity index (χ4v) is 5.36. The Bertz CT molecular complexity index is 1220. The molecule has 0 radical (unpaired) electrons. The highest BCUT2D eigenvalue weighted by atomic mass is 32.2. The van der Waals surface area contributed by atoms with Gasteiger partial charge in [0.2, 0.25) is 15.2 Å². The number of anilines is 1. The number of sulfonamides is 1. The zero-order valence-corrected chi connectivity index (χ0v) is 19.9. The van der Waals surface area contributed by atoms with Crippen molar-refractivity contribution in [3.63, 3.8) is 0 Å². The lowest BCUT2D eigenvalue weighted by atomic mass is 10.2. The number of nitrogens with one attached hydrogen (secondary N) is 1. The molecule has 0 saturated carbocycles. The number of benzene rings is 2. The fourth-order valence-electron chi connectivity index (χ4n) is 3.29. The molecule has 2 aromatic carbocycles. The second-order valence-electron chi connectivity index (χ2n) is 7.06. The van der Waals surface area contributed by atoms with E-state index in [9.17, 15) is 8.42 Å². The third-order valence-corrected chi connectivity index (χ3v) is 7.70. The van der Waals surface area contributed by atoms with E-state index in [4.69, 9.17) is 14.2 Å². The SMILES string of the molecule is COc1ccc(/C=N\Nc2nc(-c3ccc(S(=O)(=O)N4CCOCC4)cc3)cs2)cc1OC. The average molecular weight is 489 g/mol. The van der Waals surface area contributed by atoms with Gasteiger partial charge in [-0.2, -0.15) is 9.41 Å². The summed E-state index contributed by atoms with van der Waals surface area (Å²) in [5, 5.41) is 6.74. The Kier molecular flexibility index (Phi) is 7.23. The van der Waals surface area contributed by atoms with Crippen molar-refractivity contribution in [2.75, 3.05) is 45.9 Å².